The second-order valence-electron chi connectivity index (χ2n) is 4.04. The lowest BCUT2D eigenvalue weighted by Gasteiger charge is -2.10. The van der Waals surface area contributed by atoms with Crippen molar-refractivity contribution in [1.82, 2.24) is 0 Å². The maximum absolute atomic E-state index is 8.61. The standard InChI is InChI=1S/C6H4.C5H11BO2/c1-2-6-4-3-5(1)6;7-6(8)5-3-1-2-4-5/h1-4H;5,7-8H,1-4H2. The molecule has 0 saturated heterocycles. The third-order valence-corrected chi connectivity index (χ3v) is 3.04. The van der Waals surface area contributed by atoms with Crippen LogP contribution in [-0.4, -0.2) is 17.2 Å². The molecule has 1 fully saturated rings. The first-order valence-electron chi connectivity index (χ1n) is 5.24. The lowest BCUT2D eigenvalue weighted by molar-refractivity contribution is 0.384. The second kappa shape index (κ2) is 4.15. The van der Waals surface area contributed by atoms with E-state index in [1.165, 1.54) is 24.0 Å². The molecule has 14 heavy (non-hydrogen) atoms. The van der Waals surface area contributed by atoms with Crippen molar-refractivity contribution in [2.45, 2.75) is 31.5 Å². The number of fused-ring (bicyclic) bond motifs is 1. The zero-order valence-corrected chi connectivity index (χ0v) is 8.19. The van der Waals surface area contributed by atoms with Gasteiger partial charge in [-0.05, 0) is 16.9 Å². The van der Waals surface area contributed by atoms with Gasteiger partial charge in [0.1, 0.15) is 0 Å². The van der Waals surface area contributed by atoms with Crippen molar-refractivity contribution in [3.63, 3.8) is 0 Å². The van der Waals surface area contributed by atoms with Crippen LogP contribution >= 0.6 is 0 Å². The highest BCUT2D eigenvalue weighted by Crippen LogP contribution is 2.30. The van der Waals surface area contributed by atoms with Gasteiger partial charge in [0.25, 0.3) is 0 Å². The van der Waals surface area contributed by atoms with E-state index in [-0.39, 0.29) is 5.82 Å². The summed E-state index contributed by atoms with van der Waals surface area (Å²) in [5, 5.41) is 17.2. The van der Waals surface area contributed by atoms with E-state index in [1.54, 1.807) is 0 Å². The maximum atomic E-state index is 8.61. The summed E-state index contributed by atoms with van der Waals surface area (Å²) in [4.78, 5) is 0. The van der Waals surface area contributed by atoms with Gasteiger partial charge in [-0.3, -0.25) is 0 Å². The van der Waals surface area contributed by atoms with Gasteiger partial charge in [0, 0.05) is 0 Å². The van der Waals surface area contributed by atoms with Gasteiger partial charge in [-0.1, -0.05) is 49.9 Å². The van der Waals surface area contributed by atoms with E-state index in [4.69, 9.17) is 10.0 Å². The number of rotatable bonds is 1. The first-order valence-corrected chi connectivity index (χ1v) is 5.24. The van der Waals surface area contributed by atoms with Crippen LogP contribution in [0.25, 0.3) is 11.1 Å². The third-order valence-electron chi connectivity index (χ3n) is 3.04. The van der Waals surface area contributed by atoms with E-state index in [1.807, 2.05) is 0 Å². The molecule has 3 aliphatic rings. The average molecular weight is 190 g/mol. The van der Waals surface area contributed by atoms with Gasteiger partial charge in [-0.2, -0.15) is 0 Å². The molecule has 0 bridgehead atoms. The first-order chi connectivity index (χ1) is 6.77. The maximum Gasteiger partial charge on any atom is 0.454 e. The number of hydrogen-bond acceptors (Lipinski definition) is 2. The zero-order chi connectivity index (χ0) is 9.97. The van der Waals surface area contributed by atoms with Gasteiger partial charge in [-0.15, -0.1) is 0 Å². The van der Waals surface area contributed by atoms with Crippen molar-refractivity contribution in [2.24, 2.45) is 0 Å². The van der Waals surface area contributed by atoms with Crippen LogP contribution in [0.5, 0.6) is 0 Å². The molecule has 0 radical (unpaired) electrons. The van der Waals surface area contributed by atoms with Gasteiger partial charge in [-0.25, -0.2) is 0 Å². The Morgan fingerprint density at radius 2 is 1.36 bits per heavy atom. The van der Waals surface area contributed by atoms with E-state index in [2.05, 4.69) is 24.3 Å². The fourth-order valence-electron chi connectivity index (χ4n) is 1.92. The normalized spacial score (nSPS) is 17.3. The minimum absolute atomic E-state index is 0.176. The summed E-state index contributed by atoms with van der Waals surface area (Å²) in [6.45, 7) is 0. The fourth-order valence-corrected chi connectivity index (χ4v) is 1.92. The van der Waals surface area contributed by atoms with Gasteiger partial charge >= 0.3 is 7.12 Å². The molecule has 0 atom stereocenters. The predicted octanol–water partition coefficient (Wildman–Crippen LogP) is 2.07. The van der Waals surface area contributed by atoms with Crippen molar-refractivity contribution in [2.75, 3.05) is 0 Å². The third kappa shape index (κ3) is 1.99. The summed E-state index contributed by atoms with van der Waals surface area (Å²) in [5.74, 6) is 0.176. The first kappa shape index (κ1) is 9.75. The topological polar surface area (TPSA) is 40.5 Å². The Bertz CT molecular complexity index is 268. The molecule has 0 spiro atoms. The Kier molecular flexibility index (Phi) is 2.89. The smallest absolute Gasteiger partial charge is 0.427 e. The minimum Gasteiger partial charge on any atom is -0.427 e. The highest BCUT2D eigenvalue weighted by molar-refractivity contribution is 6.43. The molecule has 1 saturated carbocycles. The lowest BCUT2D eigenvalue weighted by atomic mass is 9.72. The van der Waals surface area contributed by atoms with Crippen LogP contribution in [0.1, 0.15) is 25.7 Å². The molecule has 3 heteroatoms. The van der Waals surface area contributed by atoms with E-state index in [0.29, 0.717) is 0 Å². The zero-order valence-electron chi connectivity index (χ0n) is 8.19. The monoisotopic (exact) mass is 190 g/mol. The van der Waals surface area contributed by atoms with Crippen molar-refractivity contribution >= 4 is 7.12 Å². The molecule has 2 N–H and O–H groups in total. The van der Waals surface area contributed by atoms with Crippen molar-refractivity contribution < 1.29 is 10.0 Å². The Morgan fingerprint density at radius 1 is 0.929 bits per heavy atom. The van der Waals surface area contributed by atoms with Gasteiger partial charge in [0.05, 0.1) is 0 Å². The van der Waals surface area contributed by atoms with Crippen LogP contribution in [0.15, 0.2) is 24.3 Å². The van der Waals surface area contributed by atoms with E-state index >= 15 is 0 Å². The molecule has 3 aliphatic carbocycles. The van der Waals surface area contributed by atoms with Crippen LogP contribution < -0.4 is 0 Å². The van der Waals surface area contributed by atoms with E-state index < -0.39 is 7.12 Å². The molecule has 0 heterocycles. The van der Waals surface area contributed by atoms with Gasteiger partial charge in [0.2, 0.25) is 0 Å². The number of benzene rings is 1. The van der Waals surface area contributed by atoms with Crippen LogP contribution in [0, 0.1) is 0 Å². The quantitative estimate of drug-likeness (QED) is 0.675. The summed E-state index contributed by atoms with van der Waals surface area (Å²) >= 11 is 0. The van der Waals surface area contributed by atoms with Gasteiger partial charge in [0.15, 0.2) is 0 Å². The highest BCUT2D eigenvalue weighted by atomic mass is 16.4. The molecule has 0 aliphatic heterocycles. The average Bonchev–Trinajstić information content (AvgIpc) is 2.65. The van der Waals surface area contributed by atoms with Crippen LogP contribution in [0.4, 0.5) is 0 Å². The fraction of sp³-hybridized carbons (Fsp3) is 0.455. The molecule has 74 valence electrons. The Labute approximate surface area is 84.7 Å². The lowest BCUT2D eigenvalue weighted by Crippen LogP contribution is -2.17. The van der Waals surface area contributed by atoms with Crippen LogP contribution in [0.3, 0.4) is 0 Å². The van der Waals surface area contributed by atoms with E-state index in [9.17, 15) is 0 Å². The largest absolute Gasteiger partial charge is 0.454 e. The molecule has 0 unspecified atom stereocenters. The molecule has 0 amide bonds. The molecule has 0 aromatic carbocycles. The Morgan fingerprint density at radius 3 is 1.50 bits per heavy atom. The van der Waals surface area contributed by atoms with Crippen molar-refractivity contribution in [1.29, 1.82) is 0 Å². The van der Waals surface area contributed by atoms with E-state index in [0.717, 1.165) is 12.8 Å². The summed E-state index contributed by atoms with van der Waals surface area (Å²) in [6, 6.07) is 8.48. The molecular formula is C11H15BO2. The number of hydrogen-bond donors (Lipinski definition) is 2. The highest BCUT2D eigenvalue weighted by Gasteiger charge is 2.25. The van der Waals surface area contributed by atoms with Crippen molar-refractivity contribution in [3.05, 3.63) is 24.3 Å². The molecule has 0 aromatic heterocycles. The second-order valence-corrected chi connectivity index (χ2v) is 4.04. The SMILES string of the molecule is OB(O)C1CCCC1.c1cc2ccc1-2. The van der Waals surface area contributed by atoms with Crippen LogP contribution in [0.2, 0.25) is 5.82 Å². The van der Waals surface area contributed by atoms with Crippen LogP contribution in [-0.2, 0) is 0 Å². The molecule has 0 aromatic rings. The summed E-state index contributed by atoms with van der Waals surface area (Å²) < 4.78 is 0. The minimum atomic E-state index is -1.06. The molecular weight excluding hydrogens is 175 g/mol. The Balaban J connectivity index is 0.000000110. The molecule has 3 rings (SSSR count). The predicted molar refractivity (Wildman–Crippen MR) is 57.8 cm³/mol. The van der Waals surface area contributed by atoms with Gasteiger partial charge < -0.3 is 10.0 Å². The van der Waals surface area contributed by atoms with Crippen molar-refractivity contribution in [3.8, 4) is 11.1 Å². The summed E-state index contributed by atoms with van der Waals surface area (Å²) in [5.41, 5.74) is 2.85. The molecule has 2 nitrogen and oxygen atoms in total. The summed E-state index contributed by atoms with van der Waals surface area (Å²) in [6.07, 6.45) is 4.33. The Hall–Kier alpha value is -0.795. The summed E-state index contributed by atoms with van der Waals surface area (Å²) in [7, 11) is -1.06.